The van der Waals surface area contributed by atoms with Gasteiger partial charge in [0, 0.05) is 25.7 Å². The highest BCUT2D eigenvalue weighted by atomic mass is 16.5. The van der Waals surface area contributed by atoms with Crippen LogP contribution in [-0.2, 0) is 9.53 Å². The molecule has 1 aliphatic heterocycles. The minimum absolute atomic E-state index is 0.318. The first-order valence-corrected chi connectivity index (χ1v) is 6.47. The lowest BCUT2D eigenvalue weighted by Crippen LogP contribution is -2.49. The smallest absolute Gasteiger partial charge is 0.293 e. The lowest BCUT2D eigenvalue weighted by atomic mass is 10.2. The van der Waals surface area contributed by atoms with E-state index >= 15 is 0 Å². The highest BCUT2D eigenvalue weighted by Gasteiger charge is 2.15. The Balaban J connectivity index is 0.000000325. The van der Waals surface area contributed by atoms with Gasteiger partial charge in [-0.05, 0) is 40.7 Å². The summed E-state index contributed by atoms with van der Waals surface area (Å²) in [6.07, 6.45) is 1.28. The summed E-state index contributed by atoms with van der Waals surface area (Å²) < 4.78 is 4.55. The lowest BCUT2D eigenvalue weighted by Gasteiger charge is -2.33. The molecule has 0 saturated carbocycles. The normalized spacial score (nSPS) is 21.4. The molecule has 0 aromatic carbocycles. The van der Waals surface area contributed by atoms with E-state index in [9.17, 15) is 4.79 Å². The van der Waals surface area contributed by atoms with Crippen LogP contribution < -0.4 is 5.32 Å². The molecule has 1 aliphatic rings. The predicted molar refractivity (Wildman–Crippen MR) is 71.1 cm³/mol. The Bertz CT molecular complexity index is 200. The molecule has 1 N–H and O–H groups in total. The molecule has 1 heterocycles. The molecule has 1 fully saturated rings. The van der Waals surface area contributed by atoms with Crippen LogP contribution in [-0.4, -0.2) is 49.2 Å². The fourth-order valence-corrected chi connectivity index (χ4v) is 1.65. The first-order chi connectivity index (χ1) is 7.90. The fourth-order valence-electron chi connectivity index (χ4n) is 1.65. The number of carbonyl (C=O) groups excluding carboxylic acids is 1. The molecule has 0 unspecified atom stereocenters. The second-order valence-electron chi connectivity index (χ2n) is 5.42. The molecular formula is C13H28N2O2. The maximum absolute atomic E-state index is 9.60. The summed E-state index contributed by atoms with van der Waals surface area (Å²) in [4.78, 5) is 12.2. The Morgan fingerprint density at radius 3 is 2.47 bits per heavy atom. The van der Waals surface area contributed by atoms with Crippen LogP contribution in [0.4, 0.5) is 0 Å². The van der Waals surface area contributed by atoms with Crippen LogP contribution >= 0.6 is 0 Å². The highest BCUT2D eigenvalue weighted by Crippen LogP contribution is 2.03. The van der Waals surface area contributed by atoms with Crippen LogP contribution in [0.2, 0.25) is 0 Å². The Hall–Kier alpha value is -0.610. The minimum Gasteiger partial charge on any atom is -0.462 e. The van der Waals surface area contributed by atoms with Gasteiger partial charge < -0.3 is 10.1 Å². The Morgan fingerprint density at radius 2 is 2.12 bits per heavy atom. The van der Waals surface area contributed by atoms with Crippen LogP contribution in [0.3, 0.4) is 0 Å². The third kappa shape index (κ3) is 9.12. The van der Waals surface area contributed by atoms with Gasteiger partial charge in [0.1, 0.15) is 5.60 Å². The molecule has 0 aliphatic carbocycles. The predicted octanol–water partition coefficient (Wildman–Crippen LogP) is 1.65. The van der Waals surface area contributed by atoms with Crippen molar-refractivity contribution in [2.45, 2.75) is 52.7 Å². The number of piperazine rings is 1. The topological polar surface area (TPSA) is 41.6 Å². The molecule has 102 valence electrons. The van der Waals surface area contributed by atoms with Crippen molar-refractivity contribution in [2.24, 2.45) is 0 Å². The zero-order chi connectivity index (χ0) is 13.3. The molecule has 0 spiro atoms. The third-order valence-electron chi connectivity index (χ3n) is 2.55. The fraction of sp³-hybridized carbons (Fsp3) is 0.923. The standard InChI is InChI=1S/C8H18N2.C5H10O2/c1-3-5-10-6-4-9-7-8(10)2;1-5(2,3)7-4-6/h8-9H,3-7H2,1-2H3;4H,1-3H3/t8-;/m0./s1. The van der Waals surface area contributed by atoms with Crippen molar-refractivity contribution in [1.82, 2.24) is 10.2 Å². The van der Waals surface area contributed by atoms with Crippen LogP contribution in [0, 0.1) is 0 Å². The van der Waals surface area contributed by atoms with Gasteiger partial charge in [-0.3, -0.25) is 9.69 Å². The number of nitrogens with one attached hydrogen (secondary N) is 1. The first-order valence-electron chi connectivity index (χ1n) is 6.47. The van der Waals surface area contributed by atoms with Crippen LogP contribution in [0.5, 0.6) is 0 Å². The molecule has 0 bridgehead atoms. The van der Waals surface area contributed by atoms with Gasteiger partial charge in [-0.1, -0.05) is 6.92 Å². The molecule has 1 rings (SSSR count). The van der Waals surface area contributed by atoms with Gasteiger partial charge in [0.05, 0.1) is 0 Å². The summed E-state index contributed by atoms with van der Waals surface area (Å²) >= 11 is 0. The van der Waals surface area contributed by atoms with E-state index in [2.05, 4.69) is 28.8 Å². The number of carbonyl (C=O) groups is 1. The number of hydrogen-bond donors (Lipinski definition) is 1. The Kier molecular flexibility index (Phi) is 8.17. The van der Waals surface area contributed by atoms with Crippen molar-refractivity contribution in [3.8, 4) is 0 Å². The van der Waals surface area contributed by atoms with Crippen molar-refractivity contribution in [3.63, 3.8) is 0 Å². The second kappa shape index (κ2) is 8.48. The van der Waals surface area contributed by atoms with Gasteiger partial charge in [-0.2, -0.15) is 0 Å². The largest absolute Gasteiger partial charge is 0.462 e. The average Bonchev–Trinajstić information content (AvgIpc) is 2.21. The molecule has 4 heteroatoms. The Labute approximate surface area is 106 Å². The first kappa shape index (κ1) is 16.4. The minimum atomic E-state index is -0.318. The van der Waals surface area contributed by atoms with Crippen molar-refractivity contribution >= 4 is 6.47 Å². The number of hydrogen-bond acceptors (Lipinski definition) is 4. The summed E-state index contributed by atoms with van der Waals surface area (Å²) in [5.41, 5.74) is -0.318. The zero-order valence-corrected chi connectivity index (χ0v) is 12.0. The van der Waals surface area contributed by atoms with Crippen molar-refractivity contribution in [2.75, 3.05) is 26.2 Å². The number of nitrogens with zero attached hydrogens (tertiary/aromatic N) is 1. The zero-order valence-electron chi connectivity index (χ0n) is 12.0. The summed E-state index contributed by atoms with van der Waals surface area (Å²) in [6, 6.07) is 0.744. The summed E-state index contributed by atoms with van der Waals surface area (Å²) in [5, 5.41) is 3.38. The van der Waals surface area contributed by atoms with E-state index < -0.39 is 0 Å². The highest BCUT2D eigenvalue weighted by molar-refractivity contribution is 5.37. The monoisotopic (exact) mass is 244 g/mol. The number of rotatable bonds is 3. The summed E-state index contributed by atoms with van der Waals surface area (Å²) in [5.74, 6) is 0. The van der Waals surface area contributed by atoms with E-state index in [1.165, 1.54) is 32.6 Å². The van der Waals surface area contributed by atoms with Crippen molar-refractivity contribution < 1.29 is 9.53 Å². The van der Waals surface area contributed by atoms with Gasteiger partial charge in [0.25, 0.3) is 6.47 Å². The summed E-state index contributed by atoms with van der Waals surface area (Å²) in [6.45, 7) is 15.3. The van der Waals surface area contributed by atoms with Crippen molar-refractivity contribution in [3.05, 3.63) is 0 Å². The van der Waals surface area contributed by atoms with Gasteiger partial charge in [-0.15, -0.1) is 0 Å². The lowest BCUT2D eigenvalue weighted by molar-refractivity contribution is -0.138. The SMILES string of the molecule is CC(C)(C)OC=O.CCCN1CCNC[C@@H]1C. The van der Waals surface area contributed by atoms with Crippen LogP contribution in [0.1, 0.15) is 41.0 Å². The van der Waals surface area contributed by atoms with E-state index in [1.807, 2.05) is 20.8 Å². The van der Waals surface area contributed by atoms with Gasteiger partial charge in [-0.25, -0.2) is 0 Å². The molecule has 1 saturated heterocycles. The maximum atomic E-state index is 9.60. The maximum Gasteiger partial charge on any atom is 0.293 e. The van der Waals surface area contributed by atoms with Crippen LogP contribution in [0.15, 0.2) is 0 Å². The third-order valence-corrected chi connectivity index (χ3v) is 2.55. The Morgan fingerprint density at radius 1 is 1.47 bits per heavy atom. The van der Waals surface area contributed by atoms with Gasteiger partial charge >= 0.3 is 0 Å². The van der Waals surface area contributed by atoms with E-state index in [-0.39, 0.29) is 5.60 Å². The number of ether oxygens (including phenoxy) is 1. The average molecular weight is 244 g/mol. The molecule has 0 radical (unpaired) electrons. The van der Waals surface area contributed by atoms with E-state index in [0.717, 1.165) is 6.04 Å². The second-order valence-corrected chi connectivity index (χ2v) is 5.42. The quantitative estimate of drug-likeness (QED) is 0.767. The van der Waals surface area contributed by atoms with Gasteiger partial charge in [0.15, 0.2) is 0 Å². The molecule has 4 nitrogen and oxygen atoms in total. The van der Waals surface area contributed by atoms with E-state index in [0.29, 0.717) is 6.47 Å². The summed E-state index contributed by atoms with van der Waals surface area (Å²) in [7, 11) is 0. The molecule has 0 aromatic heterocycles. The molecular weight excluding hydrogens is 216 g/mol. The molecule has 0 amide bonds. The molecule has 1 atom stereocenters. The van der Waals surface area contributed by atoms with E-state index in [4.69, 9.17) is 0 Å². The van der Waals surface area contributed by atoms with Crippen molar-refractivity contribution in [1.29, 1.82) is 0 Å². The van der Waals surface area contributed by atoms with Gasteiger partial charge in [0.2, 0.25) is 0 Å². The molecule has 17 heavy (non-hydrogen) atoms. The molecule has 0 aromatic rings. The van der Waals surface area contributed by atoms with Crippen LogP contribution in [0.25, 0.3) is 0 Å². The van der Waals surface area contributed by atoms with E-state index in [1.54, 1.807) is 0 Å².